The lowest BCUT2D eigenvalue weighted by Gasteiger charge is -2.03. The first-order valence-electron chi connectivity index (χ1n) is 5.33. The normalized spacial score (nSPS) is 10.2. The van der Waals surface area contributed by atoms with Crippen molar-refractivity contribution in [3.63, 3.8) is 0 Å². The van der Waals surface area contributed by atoms with Crippen LogP contribution in [0.3, 0.4) is 0 Å². The number of carbonyl (C=O) groups excluding carboxylic acids is 3. The van der Waals surface area contributed by atoms with E-state index in [4.69, 9.17) is 4.42 Å². The predicted molar refractivity (Wildman–Crippen MR) is 63.7 cm³/mol. The molecule has 1 amide bonds. The van der Waals surface area contributed by atoms with Gasteiger partial charge < -0.3 is 19.2 Å². The second-order valence-electron chi connectivity index (χ2n) is 3.31. The zero-order valence-electron chi connectivity index (χ0n) is 10.3. The molecule has 1 aromatic heterocycles. The summed E-state index contributed by atoms with van der Waals surface area (Å²) < 4.78 is 13.9. The molecule has 1 aromatic rings. The molecule has 0 saturated heterocycles. The molecule has 0 spiro atoms. The van der Waals surface area contributed by atoms with Crippen LogP contribution in [0.25, 0.3) is 6.08 Å². The molecule has 0 radical (unpaired) electrons. The Hall–Kier alpha value is -2.57. The summed E-state index contributed by atoms with van der Waals surface area (Å²) in [7, 11) is 1.20. The van der Waals surface area contributed by atoms with Crippen molar-refractivity contribution in [1.82, 2.24) is 5.32 Å². The van der Waals surface area contributed by atoms with Crippen LogP contribution in [-0.4, -0.2) is 38.1 Å². The third-order valence-electron chi connectivity index (χ3n) is 1.93. The quantitative estimate of drug-likeness (QED) is 0.581. The highest BCUT2D eigenvalue weighted by atomic mass is 16.5. The second kappa shape index (κ2) is 7.70. The van der Waals surface area contributed by atoms with Gasteiger partial charge in [0.05, 0.1) is 13.4 Å². The van der Waals surface area contributed by atoms with Gasteiger partial charge in [-0.15, -0.1) is 0 Å². The number of carbonyl (C=O) groups is 3. The highest BCUT2D eigenvalue weighted by Crippen LogP contribution is 2.02. The minimum absolute atomic E-state index is 0.269. The minimum Gasteiger partial charge on any atom is -0.468 e. The van der Waals surface area contributed by atoms with Crippen molar-refractivity contribution in [2.75, 3.05) is 20.3 Å². The van der Waals surface area contributed by atoms with E-state index in [9.17, 15) is 14.4 Å². The molecule has 0 aromatic carbocycles. The van der Waals surface area contributed by atoms with Gasteiger partial charge in [-0.05, 0) is 18.2 Å². The first kappa shape index (κ1) is 14.5. The Labute approximate surface area is 109 Å². The van der Waals surface area contributed by atoms with E-state index in [1.807, 2.05) is 0 Å². The Morgan fingerprint density at radius 3 is 2.84 bits per heavy atom. The van der Waals surface area contributed by atoms with Crippen molar-refractivity contribution in [3.8, 4) is 0 Å². The Morgan fingerprint density at radius 1 is 1.42 bits per heavy atom. The average Bonchev–Trinajstić information content (AvgIpc) is 2.93. The zero-order valence-corrected chi connectivity index (χ0v) is 10.3. The van der Waals surface area contributed by atoms with Gasteiger partial charge in [-0.2, -0.15) is 0 Å². The molecule has 0 aliphatic heterocycles. The number of nitrogens with one attached hydrogen (secondary N) is 1. The van der Waals surface area contributed by atoms with Crippen molar-refractivity contribution >= 4 is 23.9 Å². The van der Waals surface area contributed by atoms with Crippen LogP contribution >= 0.6 is 0 Å². The highest BCUT2D eigenvalue weighted by molar-refractivity contribution is 5.89. The van der Waals surface area contributed by atoms with Crippen molar-refractivity contribution in [2.24, 2.45) is 0 Å². The van der Waals surface area contributed by atoms with Gasteiger partial charge in [-0.1, -0.05) is 0 Å². The molecule has 7 nitrogen and oxygen atoms in total. The molecule has 19 heavy (non-hydrogen) atoms. The SMILES string of the molecule is COC(=O)CNC(=O)COC(=O)C=Cc1ccco1. The Bertz CT molecular complexity index is 463. The van der Waals surface area contributed by atoms with Crippen LogP contribution in [0.1, 0.15) is 5.76 Å². The van der Waals surface area contributed by atoms with Gasteiger partial charge in [-0.25, -0.2) is 4.79 Å². The Kier molecular flexibility index (Phi) is 5.87. The Balaban J connectivity index is 2.23. The molecular formula is C12H13NO6. The summed E-state index contributed by atoms with van der Waals surface area (Å²) in [6, 6.07) is 3.33. The van der Waals surface area contributed by atoms with Gasteiger partial charge in [0.2, 0.25) is 0 Å². The van der Waals surface area contributed by atoms with Crippen LogP contribution in [0.4, 0.5) is 0 Å². The number of amides is 1. The van der Waals surface area contributed by atoms with Gasteiger partial charge in [0.25, 0.3) is 5.91 Å². The molecule has 0 atom stereocenters. The lowest BCUT2D eigenvalue weighted by atomic mass is 10.4. The van der Waals surface area contributed by atoms with Crippen LogP contribution in [-0.2, 0) is 23.9 Å². The summed E-state index contributed by atoms with van der Waals surface area (Å²) in [6.07, 6.45) is 4.01. The molecule has 1 rings (SSSR count). The van der Waals surface area contributed by atoms with E-state index >= 15 is 0 Å². The van der Waals surface area contributed by atoms with Crippen LogP contribution in [0, 0.1) is 0 Å². The summed E-state index contributed by atoms with van der Waals surface area (Å²) in [4.78, 5) is 33.1. The molecule has 0 aliphatic rings. The van der Waals surface area contributed by atoms with E-state index in [0.717, 1.165) is 6.08 Å². The average molecular weight is 267 g/mol. The van der Waals surface area contributed by atoms with E-state index in [-0.39, 0.29) is 6.54 Å². The summed E-state index contributed by atoms with van der Waals surface area (Å²) in [6.45, 7) is -0.743. The first-order valence-corrected chi connectivity index (χ1v) is 5.33. The molecule has 1 N–H and O–H groups in total. The molecule has 0 bridgehead atoms. The largest absolute Gasteiger partial charge is 0.468 e. The van der Waals surface area contributed by atoms with Crippen LogP contribution in [0.5, 0.6) is 0 Å². The molecule has 1 heterocycles. The third-order valence-corrected chi connectivity index (χ3v) is 1.93. The number of ether oxygens (including phenoxy) is 2. The summed E-state index contributed by atoms with van der Waals surface area (Å²) >= 11 is 0. The zero-order chi connectivity index (χ0) is 14.1. The lowest BCUT2D eigenvalue weighted by molar-refractivity contribution is -0.145. The first-order chi connectivity index (χ1) is 9.11. The molecule has 7 heteroatoms. The predicted octanol–water partition coefficient (Wildman–Crippen LogP) is 0.125. The van der Waals surface area contributed by atoms with E-state index in [2.05, 4.69) is 14.8 Å². The number of hydrogen-bond acceptors (Lipinski definition) is 6. The monoisotopic (exact) mass is 267 g/mol. The van der Waals surface area contributed by atoms with Crippen molar-refractivity contribution in [1.29, 1.82) is 0 Å². The van der Waals surface area contributed by atoms with E-state index in [1.54, 1.807) is 12.1 Å². The van der Waals surface area contributed by atoms with E-state index in [0.29, 0.717) is 5.76 Å². The molecule has 102 valence electrons. The van der Waals surface area contributed by atoms with Crippen LogP contribution in [0.2, 0.25) is 0 Å². The van der Waals surface area contributed by atoms with Gasteiger partial charge >= 0.3 is 11.9 Å². The minimum atomic E-state index is -0.690. The van der Waals surface area contributed by atoms with Gasteiger partial charge in [0, 0.05) is 6.08 Å². The maximum Gasteiger partial charge on any atom is 0.331 e. The molecule has 0 unspecified atom stereocenters. The fraction of sp³-hybridized carbons (Fsp3) is 0.250. The molecular weight excluding hydrogens is 254 g/mol. The fourth-order valence-corrected chi connectivity index (χ4v) is 1.02. The second-order valence-corrected chi connectivity index (χ2v) is 3.31. The van der Waals surface area contributed by atoms with Crippen LogP contribution in [0.15, 0.2) is 28.9 Å². The topological polar surface area (TPSA) is 94.8 Å². The summed E-state index contributed by atoms with van der Waals surface area (Å²) in [5.74, 6) is -1.38. The molecule has 0 saturated carbocycles. The van der Waals surface area contributed by atoms with Crippen molar-refractivity contribution in [2.45, 2.75) is 0 Å². The van der Waals surface area contributed by atoms with E-state index in [1.165, 1.54) is 19.4 Å². The number of methoxy groups -OCH3 is 1. The number of furan rings is 1. The lowest BCUT2D eigenvalue weighted by Crippen LogP contribution is -2.33. The smallest absolute Gasteiger partial charge is 0.331 e. The summed E-state index contributed by atoms with van der Waals surface area (Å²) in [5.41, 5.74) is 0. The third kappa shape index (κ3) is 6.06. The molecule has 0 fully saturated rings. The Morgan fingerprint density at radius 2 is 2.21 bits per heavy atom. The fourth-order valence-electron chi connectivity index (χ4n) is 1.02. The van der Waals surface area contributed by atoms with E-state index < -0.39 is 24.5 Å². The van der Waals surface area contributed by atoms with Gasteiger partial charge in [0.1, 0.15) is 12.3 Å². The maximum atomic E-state index is 11.2. The van der Waals surface area contributed by atoms with Crippen LogP contribution < -0.4 is 5.32 Å². The van der Waals surface area contributed by atoms with Gasteiger partial charge in [0.15, 0.2) is 6.61 Å². The van der Waals surface area contributed by atoms with Gasteiger partial charge in [-0.3, -0.25) is 9.59 Å². The standard InChI is InChI=1S/C12H13NO6/c1-17-12(16)7-13-10(14)8-19-11(15)5-4-9-3-2-6-18-9/h2-6H,7-8H2,1H3,(H,13,14). The van der Waals surface area contributed by atoms with Crippen molar-refractivity contribution in [3.05, 3.63) is 30.2 Å². The highest BCUT2D eigenvalue weighted by Gasteiger charge is 2.07. The number of esters is 2. The van der Waals surface area contributed by atoms with Crippen molar-refractivity contribution < 1.29 is 28.3 Å². The number of hydrogen-bond donors (Lipinski definition) is 1. The summed E-state index contributed by atoms with van der Waals surface area (Å²) in [5, 5.41) is 2.23. The maximum absolute atomic E-state index is 11.2. The number of rotatable bonds is 6. The molecule has 0 aliphatic carbocycles.